The molecule has 140 valence electrons. The predicted octanol–water partition coefficient (Wildman–Crippen LogP) is 6.83. The Morgan fingerprint density at radius 2 is 1.30 bits per heavy atom. The van der Waals surface area contributed by atoms with Crippen LogP contribution in [0.5, 0.6) is 0 Å². The van der Waals surface area contributed by atoms with Gasteiger partial charge in [0.15, 0.2) is 0 Å². The van der Waals surface area contributed by atoms with E-state index in [4.69, 9.17) is 23.2 Å². The van der Waals surface area contributed by atoms with E-state index in [0.29, 0.717) is 16.5 Å². The lowest BCUT2D eigenvalue weighted by Crippen LogP contribution is -2.15. The first kappa shape index (κ1) is 19.8. The third kappa shape index (κ3) is 5.49. The normalized spacial score (nSPS) is 13.2. The summed E-state index contributed by atoms with van der Waals surface area (Å²) >= 11 is 12.0. The molecular weight excluding hydrogens is 377 g/mol. The van der Waals surface area contributed by atoms with Gasteiger partial charge < -0.3 is 10.4 Å². The minimum absolute atomic E-state index is 0.0552. The van der Waals surface area contributed by atoms with Gasteiger partial charge in [-0.1, -0.05) is 66.5 Å². The highest BCUT2D eigenvalue weighted by molar-refractivity contribution is 6.30. The Labute approximate surface area is 170 Å². The molecule has 0 spiro atoms. The Bertz CT molecular complexity index is 845. The van der Waals surface area contributed by atoms with E-state index >= 15 is 0 Å². The number of anilines is 1. The highest BCUT2D eigenvalue weighted by Gasteiger charge is 2.18. The molecule has 2 atom stereocenters. The molecule has 3 aromatic carbocycles. The number of aliphatic hydroxyl groups excluding tert-OH is 1. The fourth-order valence-electron chi connectivity index (χ4n) is 3.06. The number of hydrogen-bond acceptors (Lipinski definition) is 2. The maximum absolute atomic E-state index is 10.7. The molecule has 0 aliphatic rings. The molecule has 2 N–H and O–H groups in total. The van der Waals surface area contributed by atoms with E-state index in [2.05, 4.69) is 36.5 Å². The van der Waals surface area contributed by atoms with Crippen molar-refractivity contribution < 1.29 is 5.11 Å². The molecule has 0 saturated carbocycles. The first-order valence-electron chi connectivity index (χ1n) is 9.09. The van der Waals surface area contributed by atoms with Crippen molar-refractivity contribution in [2.24, 2.45) is 0 Å². The summed E-state index contributed by atoms with van der Waals surface area (Å²) in [6.07, 6.45) is 0.931. The molecule has 0 radical (unpaired) electrons. The van der Waals surface area contributed by atoms with Crippen molar-refractivity contribution in [3.8, 4) is 0 Å². The smallest absolute Gasteiger partial charge is 0.0813 e. The van der Waals surface area contributed by atoms with Crippen LogP contribution in [0, 0.1) is 0 Å². The average Bonchev–Trinajstić information content (AvgIpc) is 2.69. The third-order valence-electron chi connectivity index (χ3n) is 4.69. The lowest BCUT2D eigenvalue weighted by Gasteiger charge is -2.24. The van der Waals surface area contributed by atoms with Crippen molar-refractivity contribution in [3.63, 3.8) is 0 Å². The Balaban J connectivity index is 1.82. The Morgan fingerprint density at radius 3 is 1.81 bits per heavy atom. The number of hydrogen-bond donors (Lipinski definition) is 2. The van der Waals surface area contributed by atoms with Gasteiger partial charge in [0.2, 0.25) is 0 Å². The lowest BCUT2D eigenvalue weighted by molar-refractivity contribution is 0.160. The lowest BCUT2D eigenvalue weighted by atomic mass is 9.96. The highest BCUT2D eigenvalue weighted by atomic mass is 35.5. The van der Waals surface area contributed by atoms with Crippen LogP contribution in [0.4, 0.5) is 5.69 Å². The van der Waals surface area contributed by atoms with Gasteiger partial charge >= 0.3 is 0 Å². The van der Waals surface area contributed by atoms with E-state index in [0.717, 1.165) is 23.2 Å². The molecule has 3 aromatic rings. The number of aryl methyl sites for hydroxylation is 1. The quantitative estimate of drug-likeness (QED) is 0.455. The van der Waals surface area contributed by atoms with Crippen LogP contribution < -0.4 is 5.32 Å². The van der Waals surface area contributed by atoms with Gasteiger partial charge in [-0.15, -0.1) is 0 Å². The second kappa shape index (κ2) is 9.27. The van der Waals surface area contributed by atoms with E-state index in [-0.39, 0.29) is 6.04 Å². The maximum atomic E-state index is 10.7. The molecule has 3 rings (SSSR count). The second-order valence-electron chi connectivity index (χ2n) is 6.60. The summed E-state index contributed by atoms with van der Waals surface area (Å²) in [7, 11) is 0. The summed E-state index contributed by atoms with van der Waals surface area (Å²) in [5.41, 5.74) is 4.24. The standard InChI is InChI=1S/C23H23Cl2NO/c1-2-16-3-13-21(14-4-16)26-22(17-5-9-19(24)10-6-17)15-23(27)18-7-11-20(25)12-8-18/h3-14,22-23,26-27H,2,15H2,1H3. The molecule has 0 fully saturated rings. The summed E-state index contributed by atoms with van der Waals surface area (Å²) in [6.45, 7) is 2.14. The molecule has 4 heteroatoms. The SMILES string of the molecule is CCc1ccc(NC(CC(O)c2ccc(Cl)cc2)c2ccc(Cl)cc2)cc1. The number of nitrogens with one attached hydrogen (secondary N) is 1. The van der Waals surface area contributed by atoms with E-state index in [1.807, 2.05) is 36.4 Å². The largest absolute Gasteiger partial charge is 0.388 e. The van der Waals surface area contributed by atoms with Gasteiger partial charge in [0.25, 0.3) is 0 Å². The van der Waals surface area contributed by atoms with Crippen molar-refractivity contribution in [3.05, 3.63) is 99.5 Å². The minimum Gasteiger partial charge on any atom is -0.388 e. The van der Waals surface area contributed by atoms with Gasteiger partial charge in [-0.2, -0.15) is 0 Å². The zero-order valence-electron chi connectivity index (χ0n) is 15.2. The van der Waals surface area contributed by atoms with Crippen LogP contribution in [0.2, 0.25) is 10.0 Å². The summed E-state index contributed by atoms with van der Waals surface area (Å²) in [5.74, 6) is 0. The Kier molecular flexibility index (Phi) is 6.78. The molecule has 0 heterocycles. The summed E-state index contributed by atoms with van der Waals surface area (Å²) in [6, 6.07) is 23.4. The zero-order chi connectivity index (χ0) is 19.2. The molecule has 0 amide bonds. The van der Waals surface area contributed by atoms with E-state index < -0.39 is 6.10 Å². The van der Waals surface area contributed by atoms with Crippen LogP contribution in [0.3, 0.4) is 0 Å². The second-order valence-corrected chi connectivity index (χ2v) is 7.47. The first-order chi connectivity index (χ1) is 13.0. The summed E-state index contributed by atoms with van der Waals surface area (Å²) in [4.78, 5) is 0. The monoisotopic (exact) mass is 399 g/mol. The van der Waals surface area contributed by atoms with Crippen molar-refractivity contribution in [1.29, 1.82) is 0 Å². The fourth-order valence-corrected chi connectivity index (χ4v) is 3.31. The number of rotatable bonds is 7. The van der Waals surface area contributed by atoms with E-state index in [1.165, 1.54) is 5.56 Å². The van der Waals surface area contributed by atoms with Crippen LogP contribution in [0.1, 0.15) is 42.2 Å². The van der Waals surface area contributed by atoms with Crippen LogP contribution in [0.15, 0.2) is 72.8 Å². The molecule has 0 aromatic heterocycles. The van der Waals surface area contributed by atoms with Crippen molar-refractivity contribution in [2.45, 2.75) is 31.9 Å². The van der Waals surface area contributed by atoms with Crippen LogP contribution in [-0.4, -0.2) is 5.11 Å². The molecule has 2 unspecified atom stereocenters. The fraction of sp³-hybridized carbons (Fsp3) is 0.217. The van der Waals surface area contributed by atoms with Crippen molar-refractivity contribution >= 4 is 28.9 Å². The molecule has 0 aliphatic heterocycles. The number of aliphatic hydroxyl groups is 1. The predicted molar refractivity (Wildman–Crippen MR) is 115 cm³/mol. The topological polar surface area (TPSA) is 32.3 Å². The van der Waals surface area contributed by atoms with Gasteiger partial charge in [0.05, 0.1) is 12.1 Å². The van der Waals surface area contributed by atoms with Crippen LogP contribution in [0.25, 0.3) is 0 Å². The third-order valence-corrected chi connectivity index (χ3v) is 5.19. The molecule has 27 heavy (non-hydrogen) atoms. The number of benzene rings is 3. The maximum Gasteiger partial charge on any atom is 0.0813 e. The van der Waals surface area contributed by atoms with Gasteiger partial charge in [-0.3, -0.25) is 0 Å². The first-order valence-corrected chi connectivity index (χ1v) is 9.85. The highest BCUT2D eigenvalue weighted by Crippen LogP contribution is 2.31. The van der Waals surface area contributed by atoms with Gasteiger partial charge in [-0.05, 0) is 59.5 Å². The molecular formula is C23H23Cl2NO. The number of halogens is 2. The van der Waals surface area contributed by atoms with Crippen LogP contribution >= 0.6 is 23.2 Å². The minimum atomic E-state index is -0.606. The van der Waals surface area contributed by atoms with Gasteiger partial charge in [0.1, 0.15) is 0 Å². The van der Waals surface area contributed by atoms with Crippen molar-refractivity contribution in [1.82, 2.24) is 0 Å². The van der Waals surface area contributed by atoms with Crippen molar-refractivity contribution in [2.75, 3.05) is 5.32 Å². The van der Waals surface area contributed by atoms with Gasteiger partial charge in [0, 0.05) is 22.2 Å². The Morgan fingerprint density at radius 1 is 0.778 bits per heavy atom. The van der Waals surface area contributed by atoms with Gasteiger partial charge in [-0.25, -0.2) is 0 Å². The molecule has 0 aliphatic carbocycles. The van der Waals surface area contributed by atoms with E-state index in [1.54, 1.807) is 12.1 Å². The summed E-state index contributed by atoms with van der Waals surface area (Å²) in [5, 5.41) is 15.7. The average molecular weight is 400 g/mol. The zero-order valence-corrected chi connectivity index (χ0v) is 16.7. The van der Waals surface area contributed by atoms with E-state index in [9.17, 15) is 5.11 Å². The molecule has 0 saturated heterocycles. The summed E-state index contributed by atoms with van der Waals surface area (Å²) < 4.78 is 0. The molecule has 2 nitrogen and oxygen atoms in total. The molecule has 0 bridgehead atoms. The van der Waals surface area contributed by atoms with Crippen LogP contribution in [-0.2, 0) is 6.42 Å². The Hall–Kier alpha value is -2.00.